The zero-order chi connectivity index (χ0) is 13.4. The van der Waals surface area contributed by atoms with Crippen LogP contribution in [-0.2, 0) is 0 Å². The lowest BCUT2D eigenvalue weighted by Crippen LogP contribution is -2.32. The molecular weight excluding hydrogens is 226 g/mol. The van der Waals surface area contributed by atoms with Gasteiger partial charge in [0.2, 0.25) is 0 Å². The van der Waals surface area contributed by atoms with Gasteiger partial charge in [0.05, 0.1) is 0 Å². The lowest BCUT2D eigenvalue weighted by atomic mass is 10.1. The van der Waals surface area contributed by atoms with Gasteiger partial charge in [0, 0.05) is 6.54 Å². The van der Waals surface area contributed by atoms with Gasteiger partial charge in [-0.2, -0.15) is 0 Å². The first-order valence-electron chi connectivity index (χ1n) is 6.66. The van der Waals surface area contributed by atoms with E-state index in [4.69, 9.17) is 4.74 Å². The zero-order valence-electron chi connectivity index (χ0n) is 11.6. The fraction of sp³-hybridized carbons (Fsp3) is 0.600. The Morgan fingerprint density at radius 1 is 1.28 bits per heavy atom. The number of hydrogen-bond acceptors (Lipinski definition) is 3. The molecule has 0 saturated carbocycles. The van der Waals surface area contributed by atoms with E-state index in [0.29, 0.717) is 19.1 Å². The van der Waals surface area contributed by atoms with Crippen LogP contribution in [0.3, 0.4) is 0 Å². The quantitative estimate of drug-likeness (QED) is 0.697. The molecule has 1 aromatic rings. The average Bonchev–Trinajstić information content (AvgIpc) is 2.33. The molecular formula is C15H25NO2. The summed E-state index contributed by atoms with van der Waals surface area (Å²) in [4.78, 5) is 0. The third-order valence-electron chi connectivity index (χ3n) is 2.80. The third-order valence-corrected chi connectivity index (χ3v) is 2.80. The Bertz CT molecular complexity index is 339. The van der Waals surface area contributed by atoms with Crippen LogP contribution in [0.5, 0.6) is 5.75 Å². The monoisotopic (exact) mass is 251 g/mol. The maximum atomic E-state index is 9.78. The van der Waals surface area contributed by atoms with Gasteiger partial charge in [0.25, 0.3) is 0 Å². The Kier molecular flexibility index (Phi) is 6.76. The molecule has 0 aliphatic rings. The van der Waals surface area contributed by atoms with Crippen molar-refractivity contribution in [2.75, 3.05) is 19.7 Å². The van der Waals surface area contributed by atoms with E-state index in [2.05, 4.69) is 19.2 Å². The van der Waals surface area contributed by atoms with E-state index >= 15 is 0 Å². The zero-order valence-corrected chi connectivity index (χ0v) is 11.6. The number of rotatable bonds is 8. The second kappa shape index (κ2) is 8.11. The summed E-state index contributed by atoms with van der Waals surface area (Å²) in [5.41, 5.74) is 1.09. The van der Waals surface area contributed by atoms with Crippen molar-refractivity contribution in [1.29, 1.82) is 0 Å². The number of benzene rings is 1. The van der Waals surface area contributed by atoms with Crippen molar-refractivity contribution in [3.63, 3.8) is 0 Å². The lowest BCUT2D eigenvalue weighted by Gasteiger charge is -2.14. The summed E-state index contributed by atoms with van der Waals surface area (Å²) in [7, 11) is 0. The summed E-state index contributed by atoms with van der Waals surface area (Å²) in [5, 5.41) is 13.0. The van der Waals surface area contributed by atoms with Crippen LogP contribution in [0.1, 0.15) is 25.8 Å². The Morgan fingerprint density at radius 3 is 2.67 bits per heavy atom. The highest BCUT2D eigenvalue weighted by molar-refractivity contribution is 5.31. The first kappa shape index (κ1) is 15.0. The summed E-state index contributed by atoms with van der Waals surface area (Å²) < 4.78 is 5.59. The molecule has 1 rings (SSSR count). The van der Waals surface area contributed by atoms with Crippen LogP contribution in [-0.4, -0.2) is 30.9 Å². The van der Waals surface area contributed by atoms with Gasteiger partial charge >= 0.3 is 0 Å². The number of ether oxygens (including phenoxy) is 1. The maximum absolute atomic E-state index is 9.78. The number of aryl methyl sites for hydroxylation is 1. The van der Waals surface area contributed by atoms with Gasteiger partial charge in [-0.3, -0.25) is 0 Å². The number of aliphatic hydroxyl groups is 1. The van der Waals surface area contributed by atoms with E-state index in [-0.39, 0.29) is 0 Å². The molecule has 3 heteroatoms. The summed E-state index contributed by atoms with van der Waals surface area (Å²) in [6, 6.07) is 7.85. The van der Waals surface area contributed by atoms with Crippen molar-refractivity contribution in [3.8, 4) is 5.75 Å². The van der Waals surface area contributed by atoms with Crippen molar-refractivity contribution in [3.05, 3.63) is 29.8 Å². The fourth-order valence-corrected chi connectivity index (χ4v) is 1.62. The predicted octanol–water partition coefficient (Wildman–Crippen LogP) is 2.37. The van der Waals surface area contributed by atoms with E-state index in [9.17, 15) is 5.11 Å². The molecule has 1 aromatic carbocycles. The van der Waals surface area contributed by atoms with Crippen LogP contribution in [0.25, 0.3) is 0 Å². The minimum absolute atomic E-state index is 0.333. The van der Waals surface area contributed by atoms with E-state index in [0.717, 1.165) is 24.3 Å². The highest BCUT2D eigenvalue weighted by atomic mass is 16.5. The topological polar surface area (TPSA) is 41.5 Å². The van der Waals surface area contributed by atoms with E-state index in [1.807, 2.05) is 31.2 Å². The molecule has 0 fully saturated rings. The standard InChI is InChI=1S/C15H25NO2/c1-12(2)8-9-16-10-14(17)11-18-15-7-5-4-6-13(15)3/h4-7,12,14,16-17H,8-11H2,1-3H3. The number of nitrogens with one attached hydrogen (secondary N) is 1. The van der Waals surface area contributed by atoms with Crippen molar-refractivity contribution >= 4 is 0 Å². The SMILES string of the molecule is Cc1ccccc1OCC(O)CNCCC(C)C. The van der Waals surface area contributed by atoms with E-state index < -0.39 is 6.10 Å². The van der Waals surface area contributed by atoms with Crippen LogP contribution in [0.2, 0.25) is 0 Å². The highest BCUT2D eigenvalue weighted by Crippen LogP contribution is 2.16. The Labute approximate surface area is 110 Å². The Morgan fingerprint density at radius 2 is 2.00 bits per heavy atom. The number of aliphatic hydroxyl groups excluding tert-OH is 1. The average molecular weight is 251 g/mol. The Hall–Kier alpha value is -1.06. The molecule has 0 aliphatic heterocycles. The number of hydrogen-bond donors (Lipinski definition) is 2. The smallest absolute Gasteiger partial charge is 0.122 e. The predicted molar refractivity (Wildman–Crippen MR) is 75.0 cm³/mol. The van der Waals surface area contributed by atoms with Crippen LogP contribution < -0.4 is 10.1 Å². The van der Waals surface area contributed by atoms with Crippen molar-refractivity contribution in [2.45, 2.75) is 33.3 Å². The summed E-state index contributed by atoms with van der Waals surface area (Å²) in [6.07, 6.45) is 0.669. The van der Waals surface area contributed by atoms with Crippen LogP contribution >= 0.6 is 0 Å². The van der Waals surface area contributed by atoms with E-state index in [1.165, 1.54) is 0 Å². The lowest BCUT2D eigenvalue weighted by molar-refractivity contribution is 0.106. The summed E-state index contributed by atoms with van der Waals surface area (Å²) >= 11 is 0. The van der Waals surface area contributed by atoms with Gasteiger partial charge in [-0.1, -0.05) is 32.0 Å². The molecule has 0 spiro atoms. The van der Waals surface area contributed by atoms with Gasteiger partial charge in [0.1, 0.15) is 18.5 Å². The number of para-hydroxylation sites is 1. The molecule has 102 valence electrons. The van der Waals surface area contributed by atoms with Crippen molar-refractivity contribution in [2.24, 2.45) is 5.92 Å². The molecule has 0 aromatic heterocycles. The molecule has 0 bridgehead atoms. The molecule has 2 N–H and O–H groups in total. The maximum Gasteiger partial charge on any atom is 0.122 e. The minimum Gasteiger partial charge on any atom is -0.491 e. The third kappa shape index (κ3) is 6.03. The molecule has 18 heavy (non-hydrogen) atoms. The van der Waals surface area contributed by atoms with Crippen LogP contribution in [0.4, 0.5) is 0 Å². The molecule has 0 amide bonds. The summed E-state index contributed by atoms with van der Waals surface area (Å²) in [6.45, 7) is 8.25. The van der Waals surface area contributed by atoms with E-state index in [1.54, 1.807) is 0 Å². The van der Waals surface area contributed by atoms with Gasteiger partial charge in [-0.05, 0) is 37.4 Å². The molecule has 1 atom stereocenters. The van der Waals surface area contributed by atoms with Gasteiger partial charge in [-0.25, -0.2) is 0 Å². The van der Waals surface area contributed by atoms with Crippen molar-refractivity contribution < 1.29 is 9.84 Å². The van der Waals surface area contributed by atoms with Gasteiger partial charge in [-0.15, -0.1) is 0 Å². The molecule has 3 nitrogen and oxygen atoms in total. The molecule has 0 aliphatic carbocycles. The minimum atomic E-state index is -0.461. The Balaban J connectivity index is 2.17. The largest absolute Gasteiger partial charge is 0.491 e. The second-order valence-electron chi connectivity index (χ2n) is 5.12. The molecule has 0 saturated heterocycles. The van der Waals surface area contributed by atoms with Crippen molar-refractivity contribution in [1.82, 2.24) is 5.32 Å². The van der Waals surface area contributed by atoms with Gasteiger partial charge in [0.15, 0.2) is 0 Å². The normalized spacial score (nSPS) is 12.7. The first-order chi connectivity index (χ1) is 8.59. The molecule has 1 unspecified atom stereocenters. The van der Waals surface area contributed by atoms with Crippen LogP contribution in [0.15, 0.2) is 24.3 Å². The first-order valence-corrected chi connectivity index (χ1v) is 6.66. The fourth-order valence-electron chi connectivity index (χ4n) is 1.62. The highest BCUT2D eigenvalue weighted by Gasteiger charge is 2.06. The summed E-state index contributed by atoms with van der Waals surface area (Å²) in [5.74, 6) is 1.54. The van der Waals surface area contributed by atoms with Crippen LogP contribution in [0, 0.1) is 12.8 Å². The second-order valence-corrected chi connectivity index (χ2v) is 5.12. The molecule has 0 heterocycles. The van der Waals surface area contributed by atoms with Gasteiger partial charge < -0.3 is 15.2 Å². The molecule has 0 radical (unpaired) electrons.